The van der Waals surface area contributed by atoms with Crippen LogP contribution in [0.5, 0.6) is 0 Å². The van der Waals surface area contributed by atoms with Crippen molar-refractivity contribution in [2.45, 2.75) is 64.8 Å². The third-order valence-electron chi connectivity index (χ3n) is 3.42. The molecule has 2 N–H and O–H groups in total. The molecule has 0 aliphatic heterocycles. The first-order valence-electron chi connectivity index (χ1n) is 7.16. The normalized spacial score (nSPS) is 12.7. The zero-order valence-electron chi connectivity index (χ0n) is 11.7. The monoisotopic (exact) mass is 267 g/mol. The Morgan fingerprint density at radius 2 is 1.78 bits per heavy atom. The molecule has 0 fully saturated rings. The van der Waals surface area contributed by atoms with E-state index in [0.29, 0.717) is 0 Å². The van der Waals surface area contributed by atoms with Crippen LogP contribution in [0.1, 0.15) is 69.0 Å². The lowest BCUT2D eigenvalue weighted by Gasteiger charge is -2.14. The molecule has 0 aromatic heterocycles. The fourth-order valence-electron chi connectivity index (χ4n) is 2.23. The summed E-state index contributed by atoms with van der Waals surface area (Å²) in [5, 5.41) is 0.813. The molecule has 0 heterocycles. The number of benzene rings is 1. The van der Waals surface area contributed by atoms with Gasteiger partial charge in [0.1, 0.15) is 0 Å². The predicted molar refractivity (Wildman–Crippen MR) is 81.1 cm³/mol. The van der Waals surface area contributed by atoms with Gasteiger partial charge in [0, 0.05) is 11.1 Å². The Bertz CT molecular complexity index is 349. The molecule has 102 valence electrons. The standard InChI is InChI=1S/C16H26ClN/c1-3-4-5-6-7-8-9-16(18)14-11-10-13(2)12-15(14)17/h10-12,16H,3-9,18H2,1-2H3. The van der Waals surface area contributed by atoms with E-state index in [1.807, 2.05) is 6.07 Å². The fraction of sp³-hybridized carbons (Fsp3) is 0.625. The van der Waals surface area contributed by atoms with Gasteiger partial charge in [0.2, 0.25) is 0 Å². The third-order valence-corrected chi connectivity index (χ3v) is 3.75. The maximum atomic E-state index is 6.23. The van der Waals surface area contributed by atoms with E-state index < -0.39 is 0 Å². The molecule has 1 unspecified atom stereocenters. The first-order valence-corrected chi connectivity index (χ1v) is 7.54. The van der Waals surface area contributed by atoms with Gasteiger partial charge in [-0.1, -0.05) is 69.2 Å². The minimum Gasteiger partial charge on any atom is -0.324 e. The van der Waals surface area contributed by atoms with E-state index in [0.717, 1.165) is 17.0 Å². The van der Waals surface area contributed by atoms with Crippen molar-refractivity contribution in [1.29, 1.82) is 0 Å². The SMILES string of the molecule is CCCCCCCCC(N)c1ccc(C)cc1Cl. The smallest absolute Gasteiger partial charge is 0.0456 e. The highest BCUT2D eigenvalue weighted by Crippen LogP contribution is 2.26. The van der Waals surface area contributed by atoms with Crippen LogP contribution < -0.4 is 5.73 Å². The average molecular weight is 268 g/mol. The molecule has 0 radical (unpaired) electrons. The van der Waals surface area contributed by atoms with Crippen LogP contribution in [0.25, 0.3) is 0 Å². The minimum atomic E-state index is 0.0873. The van der Waals surface area contributed by atoms with Crippen molar-refractivity contribution in [1.82, 2.24) is 0 Å². The number of rotatable bonds is 8. The molecular weight excluding hydrogens is 242 g/mol. The van der Waals surface area contributed by atoms with Gasteiger partial charge in [-0.15, -0.1) is 0 Å². The van der Waals surface area contributed by atoms with Gasteiger partial charge in [0.15, 0.2) is 0 Å². The molecule has 0 aliphatic rings. The molecule has 1 nitrogen and oxygen atoms in total. The number of halogens is 1. The van der Waals surface area contributed by atoms with Crippen molar-refractivity contribution in [3.63, 3.8) is 0 Å². The van der Waals surface area contributed by atoms with E-state index in [4.69, 9.17) is 17.3 Å². The second-order valence-corrected chi connectivity index (χ2v) is 5.60. The van der Waals surface area contributed by atoms with Crippen molar-refractivity contribution in [3.8, 4) is 0 Å². The quantitative estimate of drug-likeness (QED) is 0.627. The molecule has 1 aromatic rings. The lowest BCUT2D eigenvalue weighted by Crippen LogP contribution is -2.10. The van der Waals surface area contributed by atoms with Crippen LogP contribution >= 0.6 is 11.6 Å². The van der Waals surface area contributed by atoms with Crippen LogP contribution in [-0.4, -0.2) is 0 Å². The molecular formula is C16H26ClN. The van der Waals surface area contributed by atoms with E-state index in [9.17, 15) is 0 Å². The minimum absolute atomic E-state index is 0.0873. The largest absolute Gasteiger partial charge is 0.324 e. The molecule has 0 amide bonds. The van der Waals surface area contributed by atoms with E-state index in [2.05, 4.69) is 26.0 Å². The number of aryl methyl sites for hydroxylation is 1. The molecule has 1 rings (SSSR count). The van der Waals surface area contributed by atoms with Crippen LogP contribution in [0.4, 0.5) is 0 Å². The van der Waals surface area contributed by atoms with Gasteiger partial charge >= 0.3 is 0 Å². The number of unbranched alkanes of at least 4 members (excludes halogenated alkanes) is 5. The van der Waals surface area contributed by atoms with Crippen LogP contribution in [0.2, 0.25) is 5.02 Å². The average Bonchev–Trinajstić information content (AvgIpc) is 2.33. The second-order valence-electron chi connectivity index (χ2n) is 5.19. The fourth-order valence-corrected chi connectivity index (χ4v) is 2.61. The summed E-state index contributed by atoms with van der Waals surface area (Å²) in [5.41, 5.74) is 8.49. The lowest BCUT2D eigenvalue weighted by atomic mass is 9.99. The van der Waals surface area contributed by atoms with Gasteiger partial charge in [-0.05, 0) is 30.5 Å². The summed E-state index contributed by atoms with van der Waals surface area (Å²) >= 11 is 6.23. The highest BCUT2D eigenvalue weighted by atomic mass is 35.5. The Morgan fingerprint density at radius 1 is 1.11 bits per heavy atom. The van der Waals surface area contributed by atoms with Crippen molar-refractivity contribution in [2.75, 3.05) is 0 Å². The highest BCUT2D eigenvalue weighted by molar-refractivity contribution is 6.31. The molecule has 0 aliphatic carbocycles. The van der Waals surface area contributed by atoms with Gasteiger partial charge in [-0.25, -0.2) is 0 Å². The highest BCUT2D eigenvalue weighted by Gasteiger charge is 2.09. The number of nitrogens with two attached hydrogens (primary N) is 1. The van der Waals surface area contributed by atoms with E-state index in [1.165, 1.54) is 44.1 Å². The molecule has 1 aromatic carbocycles. The summed E-state index contributed by atoms with van der Waals surface area (Å²) in [6, 6.07) is 6.24. The zero-order chi connectivity index (χ0) is 13.4. The Kier molecular flexibility index (Phi) is 7.38. The van der Waals surface area contributed by atoms with Crippen molar-refractivity contribution in [2.24, 2.45) is 5.73 Å². The van der Waals surface area contributed by atoms with Crippen LogP contribution in [-0.2, 0) is 0 Å². The lowest BCUT2D eigenvalue weighted by molar-refractivity contribution is 0.547. The summed E-state index contributed by atoms with van der Waals surface area (Å²) in [6.45, 7) is 4.30. The maximum Gasteiger partial charge on any atom is 0.0456 e. The molecule has 0 bridgehead atoms. The van der Waals surface area contributed by atoms with Crippen molar-refractivity contribution >= 4 is 11.6 Å². The zero-order valence-corrected chi connectivity index (χ0v) is 12.5. The van der Waals surface area contributed by atoms with Crippen LogP contribution in [0, 0.1) is 6.92 Å². The van der Waals surface area contributed by atoms with Gasteiger partial charge in [-0.3, -0.25) is 0 Å². The van der Waals surface area contributed by atoms with Gasteiger partial charge in [-0.2, -0.15) is 0 Å². The molecule has 0 saturated carbocycles. The predicted octanol–water partition coefficient (Wildman–Crippen LogP) is 5.40. The summed E-state index contributed by atoms with van der Waals surface area (Å²) in [7, 11) is 0. The Balaban J connectivity index is 2.29. The van der Waals surface area contributed by atoms with Crippen molar-refractivity contribution in [3.05, 3.63) is 34.3 Å². The van der Waals surface area contributed by atoms with Gasteiger partial charge in [0.05, 0.1) is 0 Å². The van der Waals surface area contributed by atoms with Gasteiger partial charge in [0.25, 0.3) is 0 Å². The first-order chi connectivity index (χ1) is 8.65. The first kappa shape index (κ1) is 15.5. The molecule has 2 heteroatoms. The van der Waals surface area contributed by atoms with Crippen LogP contribution in [0.15, 0.2) is 18.2 Å². The Labute approximate surface area is 117 Å². The summed E-state index contributed by atoms with van der Waals surface area (Å²) in [4.78, 5) is 0. The van der Waals surface area contributed by atoms with Gasteiger partial charge < -0.3 is 5.73 Å². The Hall–Kier alpha value is -0.530. The number of hydrogen-bond acceptors (Lipinski definition) is 1. The van der Waals surface area contributed by atoms with Crippen molar-refractivity contribution < 1.29 is 0 Å². The van der Waals surface area contributed by atoms with E-state index in [1.54, 1.807) is 0 Å². The third kappa shape index (κ3) is 5.41. The van der Waals surface area contributed by atoms with Crippen LogP contribution in [0.3, 0.4) is 0 Å². The summed E-state index contributed by atoms with van der Waals surface area (Å²) in [5.74, 6) is 0. The summed E-state index contributed by atoms with van der Waals surface area (Å²) in [6.07, 6.45) is 8.88. The number of hydrogen-bond donors (Lipinski definition) is 1. The molecule has 18 heavy (non-hydrogen) atoms. The Morgan fingerprint density at radius 3 is 2.44 bits per heavy atom. The molecule has 1 atom stereocenters. The second kappa shape index (κ2) is 8.55. The van der Waals surface area contributed by atoms with E-state index in [-0.39, 0.29) is 6.04 Å². The molecule has 0 spiro atoms. The molecule has 0 saturated heterocycles. The van der Waals surface area contributed by atoms with E-state index >= 15 is 0 Å². The topological polar surface area (TPSA) is 26.0 Å². The maximum absolute atomic E-state index is 6.23. The summed E-state index contributed by atoms with van der Waals surface area (Å²) < 4.78 is 0.